The fourth-order valence-corrected chi connectivity index (χ4v) is 2.83. The van der Waals surface area contributed by atoms with Crippen LogP contribution in [0.5, 0.6) is 0 Å². The predicted molar refractivity (Wildman–Crippen MR) is 104 cm³/mol. The fourth-order valence-electron chi connectivity index (χ4n) is 2.83. The van der Waals surface area contributed by atoms with E-state index in [2.05, 4.69) is 4.98 Å². The zero-order valence-corrected chi connectivity index (χ0v) is 16.9. The molecule has 1 aromatic carbocycles. The number of aromatic amines is 1. The zero-order chi connectivity index (χ0) is 20.8. The second-order valence-electron chi connectivity index (χ2n) is 6.66. The van der Waals surface area contributed by atoms with Crippen molar-refractivity contribution in [3.05, 3.63) is 57.9 Å². The van der Waals surface area contributed by atoms with Crippen LogP contribution in [0.15, 0.2) is 24.3 Å². The molecule has 0 spiro atoms. The van der Waals surface area contributed by atoms with Gasteiger partial charge in [0.25, 0.3) is 5.91 Å². The van der Waals surface area contributed by atoms with E-state index in [4.69, 9.17) is 9.47 Å². The average Bonchev–Trinajstić information content (AvgIpc) is 2.95. The second-order valence-corrected chi connectivity index (χ2v) is 6.66. The van der Waals surface area contributed by atoms with Gasteiger partial charge in [-0.25, -0.2) is 9.59 Å². The number of hydrogen-bond donors (Lipinski definition) is 1. The molecule has 0 saturated heterocycles. The minimum Gasteiger partial charge on any atom is -0.462 e. The Morgan fingerprint density at radius 3 is 2.25 bits per heavy atom. The molecule has 1 N–H and O–H groups in total. The van der Waals surface area contributed by atoms with Crippen molar-refractivity contribution in [1.29, 1.82) is 0 Å². The first-order valence-electron chi connectivity index (χ1n) is 9.07. The number of carbonyl (C=O) groups excluding carboxylic acids is 3. The highest BCUT2D eigenvalue weighted by Gasteiger charge is 2.24. The van der Waals surface area contributed by atoms with Crippen LogP contribution in [0.2, 0.25) is 0 Å². The minimum atomic E-state index is -0.687. The van der Waals surface area contributed by atoms with Gasteiger partial charge in [-0.2, -0.15) is 0 Å². The molecule has 0 saturated carbocycles. The number of nitrogens with zero attached hydrogens (tertiary/aromatic N) is 1. The summed E-state index contributed by atoms with van der Waals surface area (Å²) < 4.78 is 10.1. The van der Waals surface area contributed by atoms with Gasteiger partial charge < -0.3 is 19.4 Å². The molecule has 0 radical (unpaired) electrons. The third kappa shape index (κ3) is 5.00. The highest BCUT2D eigenvalue weighted by atomic mass is 16.5. The Balaban J connectivity index is 1.97. The van der Waals surface area contributed by atoms with Gasteiger partial charge in [0.05, 0.1) is 12.2 Å². The van der Waals surface area contributed by atoms with Crippen LogP contribution in [0.3, 0.4) is 0 Å². The van der Waals surface area contributed by atoms with E-state index in [1.54, 1.807) is 27.8 Å². The van der Waals surface area contributed by atoms with Crippen LogP contribution in [0, 0.1) is 20.8 Å². The number of ether oxygens (including phenoxy) is 2. The van der Waals surface area contributed by atoms with Crippen LogP contribution in [-0.2, 0) is 20.8 Å². The average molecular weight is 386 g/mol. The predicted octanol–water partition coefficient (Wildman–Crippen LogP) is 2.93. The van der Waals surface area contributed by atoms with E-state index in [1.807, 2.05) is 31.2 Å². The summed E-state index contributed by atoms with van der Waals surface area (Å²) in [6, 6.07) is 7.86. The van der Waals surface area contributed by atoms with Gasteiger partial charge in [-0.1, -0.05) is 29.8 Å². The molecule has 0 unspecified atom stereocenters. The topological polar surface area (TPSA) is 88.7 Å². The number of rotatable bonds is 7. The summed E-state index contributed by atoms with van der Waals surface area (Å²) in [5, 5.41) is 0. The summed E-state index contributed by atoms with van der Waals surface area (Å²) in [6.07, 6.45) is 0. The minimum absolute atomic E-state index is 0.148. The molecule has 28 heavy (non-hydrogen) atoms. The molecule has 150 valence electrons. The molecule has 0 aliphatic carbocycles. The molecular weight excluding hydrogens is 360 g/mol. The van der Waals surface area contributed by atoms with Crippen molar-refractivity contribution in [2.75, 3.05) is 20.3 Å². The monoisotopic (exact) mass is 386 g/mol. The maximum Gasteiger partial charge on any atom is 0.355 e. The Bertz CT molecular complexity index is 868. The molecule has 2 aromatic rings. The Labute approximate surface area is 164 Å². The largest absolute Gasteiger partial charge is 0.462 e. The van der Waals surface area contributed by atoms with Crippen molar-refractivity contribution in [3.63, 3.8) is 0 Å². The lowest BCUT2D eigenvalue weighted by atomic mass is 10.1. The van der Waals surface area contributed by atoms with Gasteiger partial charge in [-0.15, -0.1) is 0 Å². The molecule has 1 heterocycles. The number of benzene rings is 1. The second kappa shape index (κ2) is 9.21. The maximum atomic E-state index is 12.4. The molecule has 0 fully saturated rings. The highest BCUT2D eigenvalue weighted by molar-refractivity contribution is 5.99. The van der Waals surface area contributed by atoms with Gasteiger partial charge in [0.1, 0.15) is 5.69 Å². The van der Waals surface area contributed by atoms with Gasteiger partial charge >= 0.3 is 11.9 Å². The van der Waals surface area contributed by atoms with Crippen molar-refractivity contribution >= 4 is 17.8 Å². The number of esters is 2. The van der Waals surface area contributed by atoms with Crippen molar-refractivity contribution < 1.29 is 23.9 Å². The summed E-state index contributed by atoms with van der Waals surface area (Å²) in [5.41, 5.74) is 3.56. The van der Waals surface area contributed by atoms with E-state index in [9.17, 15) is 14.4 Å². The van der Waals surface area contributed by atoms with Gasteiger partial charge in [-0.3, -0.25) is 4.79 Å². The van der Waals surface area contributed by atoms with E-state index in [0.717, 1.165) is 11.1 Å². The quantitative estimate of drug-likeness (QED) is 0.739. The van der Waals surface area contributed by atoms with Crippen molar-refractivity contribution in [2.24, 2.45) is 0 Å². The third-order valence-electron chi connectivity index (χ3n) is 4.41. The normalized spacial score (nSPS) is 10.5. The Hall–Kier alpha value is -3.09. The van der Waals surface area contributed by atoms with E-state index in [1.165, 1.54) is 4.90 Å². The SMILES string of the molecule is CCOC(=O)c1c(C)[nH]c(C(=O)OCC(=O)N(C)Cc2ccc(C)cc2)c1C. The van der Waals surface area contributed by atoms with Gasteiger partial charge in [0, 0.05) is 19.3 Å². The number of nitrogens with one attached hydrogen (secondary N) is 1. The lowest BCUT2D eigenvalue weighted by molar-refractivity contribution is -0.133. The molecular formula is C21H26N2O5. The number of likely N-dealkylation sites (N-methyl/N-ethyl adjacent to an activating group) is 1. The van der Waals surface area contributed by atoms with E-state index >= 15 is 0 Å². The van der Waals surface area contributed by atoms with E-state index in [-0.39, 0.29) is 24.8 Å². The first kappa shape index (κ1) is 21.2. The van der Waals surface area contributed by atoms with Crippen molar-refractivity contribution in [1.82, 2.24) is 9.88 Å². The third-order valence-corrected chi connectivity index (χ3v) is 4.41. The maximum absolute atomic E-state index is 12.4. The first-order chi connectivity index (χ1) is 13.2. The molecule has 7 nitrogen and oxygen atoms in total. The Morgan fingerprint density at radius 2 is 1.64 bits per heavy atom. The molecule has 0 aliphatic rings. The number of amides is 1. The van der Waals surface area contributed by atoms with Crippen LogP contribution in [0.4, 0.5) is 0 Å². The standard InChI is InChI=1S/C21H26N2O5/c1-6-27-20(25)18-14(3)19(22-15(18)4)21(26)28-12-17(24)23(5)11-16-9-7-13(2)8-10-16/h7-10,22H,6,11-12H2,1-5H3. The fraction of sp³-hybridized carbons (Fsp3) is 0.381. The number of H-pyrrole nitrogens is 1. The number of hydrogen-bond acceptors (Lipinski definition) is 5. The zero-order valence-electron chi connectivity index (χ0n) is 16.9. The summed E-state index contributed by atoms with van der Waals surface area (Å²) >= 11 is 0. The summed E-state index contributed by atoms with van der Waals surface area (Å²) in [4.78, 5) is 41.0. The van der Waals surface area contributed by atoms with Crippen LogP contribution in [0.25, 0.3) is 0 Å². The Kier molecular flexibility index (Phi) is 6.98. The van der Waals surface area contributed by atoms with Crippen LogP contribution >= 0.6 is 0 Å². The number of carbonyl (C=O) groups is 3. The lowest BCUT2D eigenvalue weighted by Gasteiger charge is -2.17. The smallest absolute Gasteiger partial charge is 0.355 e. The van der Waals surface area contributed by atoms with Gasteiger partial charge in [0.2, 0.25) is 0 Å². The molecule has 0 aliphatic heterocycles. The van der Waals surface area contributed by atoms with E-state index in [0.29, 0.717) is 23.4 Å². The van der Waals surface area contributed by atoms with Crippen molar-refractivity contribution in [2.45, 2.75) is 34.2 Å². The lowest BCUT2D eigenvalue weighted by Crippen LogP contribution is -2.31. The first-order valence-corrected chi connectivity index (χ1v) is 9.07. The molecule has 0 atom stereocenters. The number of aromatic nitrogens is 1. The molecule has 1 aromatic heterocycles. The molecule has 0 bridgehead atoms. The summed E-state index contributed by atoms with van der Waals surface area (Å²) in [7, 11) is 1.65. The molecule has 7 heteroatoms. The molecule has 2 rings (SSSR count). The highest BCUT2D eigenvalue weighted by Crippen LogP contribution is 2.20. The molecule has 1 amide bonds. The van der Waals surface area contributed by atoms with E-state index < -0.39 is 11.9 Å². The van der Waals surface area contributed by atoms with Crippen molar-refractivity contribution in [3.8, 4) is 0 Å². The van der Waals surface area contributed by atoms with Gasteiger partial charge in [0.15, 0.2) is 6.61 Å². The summed E-state index contributed by atoms with van der Waals surface area (Å²) in [6.45, 7) is 7.30. The Morgan fingerprint density at radius 1 is 1.00 bits per heavy atom. The number of aryl methyl sites for hydroxylation is 2. The summed E-state index contributed by atoms with van der Waals surface area (Å²) in [5.74, 6) is -1.50. The van der Waals surface area contributed by atoms with Crippen LogP contribution in [0.1, 0.15) is 50.2 Å². The van der Waals surface area contributed by atoms with Gasteiger partial charge in [-0.05, 0) is 38.8 Å². The van der Waals surface area contributed by atoms with Crippen LogP contribution in [-0.4, -0.2) is 48.0 Å². The van der Waals surface area contributed by atoms with Crippen LogP contribution < -0.4 is 0 Å².